The van der Waals surface area contributed by atoms with Gasteiger partial charge in [0.2, 0.25) is 0 Å². The number of nitrogens with zero attached hydrogens (tertiary/aromatic N) is 1. The maximum absolute atomic E-state index is 11.7. The average molecular weight is 445 g/mol. The maximum atomic E-state index is 11.7. The molecule has 2 aromatic carbocycles. The topological polar surface area (TPSA) is 80.7 Å². The molecule has 1 fully saturated rings. The van der Waals surface area contributed by atoms with Crippen LogP contribution in [0.3, 0.4) is 0 Å². The highest BCUT2D eigenvalue weighted by atomic mass is 16.5. The van der Waals surface area contributed by atoms with Crippen molar-refractivity contribution in [2.24, 2.45) is 0 Å². The van der Waals surface area contributed by atoms with E-state index in [1.165, 1.54) is 5.56 Å². The first kappa shape index (κ1) is 21.3. The number of rotatable bonds is 10. The van der Waals surface area contributed by atoms with Crippen molar-refractivity contribution in [1.82, 2.24) is 4.98 Å². The van der Waals surface area contributed by atoms with Gasteiger partial charge < -0.3 is 19.9 Å². The standard InChI is InChI=1S/C27H28N2O4/c30-26(31)18-27(21-8-5-20-11-15-33-24(20)16-21)17-23(27)19-6-9-22(10-7-19)32-14-3-13-29-25-4-1-2-12-28-25/h1-2,4-10,12,16,23H,3,11,13-15,17-18H2,(H,28,29)(H,30,31). The number of ether oxygens (including phenoxy) is 2. The summed E-state index contributed by atoms with van der Waals surface area (Å²) in [6, 6.07) is 20.1. The van der Waals surface area contributed by atoms with Gasteiger partial charge >= 0.3 is 5.97 Å². The van der Waals surface area contributed by atoms with Gasteiger partial charge in [-0.2, -0.15) is 0 Å². The Morgan fingerprint density at radius 2 is 2.06 bits per heavy atom. The largest absolute Gasteiger partial charge is 0.494 e. The van der Waals surface area contributed by atoms with E-state index in [0.717, 1.165) is 54.3 Å². The highest BCUT2D eigenvalue weighted by Crippen LogP contribution is 2.63. The summed E-state index contributed by atoms with van der Waals surface area (Å²) < 4.78 is 11.6. The molecule has 1 aromatic heterocycles. The van der Waals surface area contributed by atoms with Gasteiger partial charge in [-0.1, -0.05) is 30.3 Å². The average Bonchev–Trinajstić information content (AvgIpc) is 3.34. The Morgan fingerprint density at radius 1 is 1.18 bits per heavy atom. The molecule has 2 aliphatic rings. The second-order valence-electron chi connectivity index (χ2n) is 8.82. The third kappa shape index (κ3) is 4.65. The molecule has 0 radical (unpaired) electrons. The van der Waals surface area contributed by atoms with Crippen LogP contribution in [0.1, 0.15) is 41.9 Å². The molecular weight excluding hydrogens is 416 g/mol. The van der Waals surface area contributed by atoms with Gasteiger partial charge in [0.05, 0.1) is 19.6 Å². The molecule has 3 aromatic rings. The molecule has 5 rings (SSSR count). The number of benzene rings is 2. The molecule has 2 atom stereocenters. The van der Waals surface area contributed by atoms with Crippen LogP contribution in [-0.4, -0.2) is 35.8 Å². The van der Waals surface area contributed by atoms with E-state index in [4.69, 9.17) is 9.47 Å². The first-order valence-electron chi connectivity index (χ1n) is 11.5. The summed E-state index contributed by atoms with van der Waals surface area (Å²) in [6.07, 6.45) is 4.51. The molecule has 0 amide bonds. The lowest BCUT2D eigenvalue weighted by Gasteiger charge is -2.17. The monoisotopic (exact) mass is 444 g/mol. The number of hydrogen-bond acceptors (Lipinski definition) is 5. The first-order valence-corrected chi connectivity index (χ1v) is 11.5. The number of carboxylic acid groups (broad SMARTS) is 1. The molecule has 0 spiro atoms. The highest BCUT2D eigenvalue weighted by Gasteiger charge is 2.57. The Hall–Kier alpha value is -3.54. The van der Waals surface area contributed by atoms with Crippen molar-refractivity contribution >= 4 is 11.8 Å². The lowest BCUT2D eigenvalue weighted by atomic mass is 9.87. The van der Waals surface area contributed by atoms with Crippen LogP contribution in [0.25, 0.3) is 0 Å². The highest BCUT2D eigenvalue weighted by molar-refractivity contribution is 5.71. The number of aliphatic carboxylic acids is 1. The van der Waals surface area contributed by atoms with Gasteiger partial charge in [0.1, 0.15) is 17.3 Å². The molecule has 1 saturated carbocycles. The van der Waals surface area contributed by atoms with E-state index in [0.29, 0.717) is 13.2 Å². The molecule has 0 bridgehead atoms. The van der Waals surface area contributed by atoms with Crippen LogP contribution < -0.4 is 14.8 Å². The van der Waals surface area contributed by atoms with E-state index >= 15 is 0 Å². The second kappa shape index (κ2) is 9.14. The summed E-state index contributed by atoms with van der Waals surface area (Å²) in [5.41, 5.74) is 3.06. The zero-order chi connectivity index (χ0) is 22.7. The Labute approximate surface area is 193 Å². The summed E-state index contributed by atoms with van der Waals surface area (Å²) in [5, 5.41) is 12.9. The zero-order valence-electron chi connectivity index (χ0n) is 18.5. The third-order valence-corrected chi connectivity index (χ3v) is 6.66. The van der Waals surface area contributed by atoms with Crippen LogP contribution in [0, 0.1) is 0 Å². The maximum Gasteiger partial charge on any atom is 0.304 e. The molecule has 2 N–H and O–H groups in total. The van der Waals surface area contributed by atoms with E-state index in [1.54, 1.807) is 6.20 Å². The fourth-order valence-electron chi connectivity index (χ4n) is 4.85. The number of nitrogens with one attached hydrogen (secondary N) is 1. The quantitative estimate of drug-likeness (QED) is 0.438. The van der Waals surface area contributed by atoms with Crippen LogP contribution in [-0.2, 0) is 16.6 Å². The number of fused-ring (bicyclic) bond motifs is 1. The molecule has 2 heterocycles. The van der Waals surface area contributed by atoms with Crippen molar-refractivity contribution in [2.45, 2.75) is 37.0 Å². The van der Waals surface area contributed by atoms with Gasteiger partial charge in [0.25, 0.3) is 0 Å². The SMILES string of the molecule is O=C(O)CC1(c2ccc3c(c2)OCC3)CC1c1ccc(OCCCNc2ccccn2)cc1. The molecule has 1 aliphatic carbocycles. The summed E-state index contributed by atoms with van der Waals surface area (Å²) in [7, 11) is 0. The molecule has 6 nitrogen and oxygen atoms in total. The number of anilines is 1. The van der Waals surface area contributed by atoms with E-state index in [1.807, 2.05) is 30.3 Å². The van der Waals surface area contributed by atoms with Crippen molar-refractivity contribution in [1.29, 1.82) is 0 Å². The van der Waals surface area contributed by atoms with Crippen LogP contribution in [0.5, 0.6) is 11.5 Å². The van der Waals surface area contributed by atoms with Crippen molar-refractivity contribution in [3.05, 3.63) is 83.6 Å². The lowest BCUT2D eigenvalue weighted by Crippen LogP contribution is -2.15. The smallest absolute Gasteiger partial charge is 0.304 e. The zero-order valence-corrected chi connectivity index (χ0v) is 18.5. The molecule has 1 aliphatic heterocycles. The Kier molecular flexibility index (Phi) is 5.90. The molecule has 2 unspecified atom stereocenters. The Morgan fingerprint density at radius 3 is 2.85 bits per heavy atom. The number of aromatic nitrogens is 1. The lowest BCUT2D eigenvalue weighted by molar-refractivity contribution is -0.137. The third-order valence-electron chi connectivity index (χ3n) is 6.66. The molecule has 6 heteroatoms. The number of carboxylic acids is 1. The number of hydrogen-bond donors (Lipinski definition) is 2. The Balaban J connectivity index is 1.19. The normalized spacial score (nSPS) is 20.5. The minimum atomic E-state index is -0.766. The van der Waals surface area contributed by atoms with Crippen LogP contribution in [0.15, 0.2) is 66.9 Å². The summed E-state index contributed by atoms with van der Waals surface area (Å²) >= 11 is 0. The van der Waals surface area contributed by atoms with Gasteiger partial charge in [-0.05, 0) is 65.8 Å². The van der Waals surface area contributed by atoms with Crippen LogP contribution in [0.2, 0.25) is 0 Å². The van der Waals surface area contributed by atoms with E-state index < -0.39 is 5.97 Å². The fourth-order valence-corrected chi connectivity index (χ4v) is 4.85. The minimum absolute atomic E-state index is 0.123. The van der Waals surface area contributed by atoms with E-state index in [2.05, 4.69) is 40.6 Å². The number of pyridine rings is 1. The van der Waals surface area contributed by atoms with Gasteiger partial charge in [-0.15, -0.1) is 0 Å². The van der Waals surface area contributed by atoms with Crippen molar-refractivity contribution < 1.29 is 19.4 Å². The molecular formula is C27H28N2O4. The summed E-state index contributed by atoms with van der Waals surface area (Å²) in [6.45, 7) is 2.11. The predicted octanol–water partition coefficient (Wildman–Crippen LogP) is 4.80. The van der Waals surface area contributed by atoms with Gasteiger partial charge in [-0.3, -0.25) is 4.79 Å². The van der Waals surface area contributed by atoms with E-state index in [-0.39, 0.29) is 17.8 Å². The van der Waals surface area contributed by atoms with Crippen molar-refractivity contribution in [3.63, 3.8) is 0 Å². The Bertz CT molecular complexity index is 1120. The second-order valence-corrected chi connectivity index (χ2v) is 8.82. The van der Waals surface area contributed by atoms with Crippen molar-refractivity contribution in [3.8, 4) is 11.5 Å². The predicted molar refractivity (Wildman–Crippen MR) is 126 cm³/mol. The summed E-state index contributed by atoms with van der Waals surface area (Å²) in [4.78, 5) is 15.9. The molecule has 170 valence electrons. The molecule has 33 heavy (non-hydrogen) atoms. The first-order chi connectivity index (χ1) is 16.1. The minimum Gasteiger partial charge on any atom is -0.494 e. The summed E-state index contributed by atoms with van der Waals surface area (Å²) in [5.74, 6) is 2.02. The van der Waals surface area contributed by atoms with Crippen molar-refractivity contribution in [2.75, 3.05) is 25.1 Å². The van der Waals surface area contributed by atoms with Gasteiger partial charge in [0, 0.05) is 24.6 Å². The van der Waals surface area contributed by atoms with Crippen LogP contribution >= 0.6 is 0 Å². The molecule has 0 saturated heterocycles. The number of carbonyl (C=O) groups is 1. The van der Waals surface area contributed by atoms with E-state index in [9.17, 15) is 9.90 Å². The van der Waals surface area contributed by atoms with Gasteiger partial charge in [-0.25, -0.2) is 4.98 Å². The van der Waals surface area contributed by atoms with Crippen LogP contribution in [0.4, 0.5) is 5.82 Å². The van der Waals surface area contributed by atoms with Gasteiger partial charge in [0.15, 0.2) is 0 Å². The fraction of sp³-hybridized carbons (Fsp3) is 0.333.